The maximum Gasteiger partial charge on any atom is 0.299 e. The van der Waals surface area contributed by atoms with Gasteiger partial charge in [0.2, 0.25) is 6.36 Å². The van der Waals surface area contributed by atoms with E-state index in [0.717, 1.165) is 5.56 Å². The zero-order valence-electron chi connectivity index (χ0n) is 11.3. The van der Waals surface area contributed by atoms with Crippen LogP contribution in [0.2, 0.25) is 5.02 Å². The summed E-state index contributed by atoms with van der Waals surface area (Å²) in [4.78, 5) is -0.0631. The average Bonchev–Trinajstić information content (AvgIpc) is 2.41. The minimum atomic E-state index is -4.11. The fourth-order valence-corrected chi connectivity index (χ4v) is 2.79. The fraction of sp³-hybridized carbons (Fsp3) is 0.200. The molecular formula is C15H14ClFO3S. The van der Waals surface area contributed by atoms with Gasteiger partial charge in [-0.1, -0.05) is 41.4 Å². The number of benzene rings is 2. The Labute approximate surface area is 128 Å². The molecule has 0 spiro atoms. The Morgan fingerprint density at radius 3 is 2.24 bits per heavy atom. The minimum Gasteiger partial charge on any atom is -0.229 e. The zero-order valence-corrected chi connectivity index (χ0v) is 12.9. The van der Waals surface area contributed by atoms with Crippen molar-refractivity contribution in [2.24, 2.45) is 0 Å². The lowest BCUT2D eigenvalue weighted by Gasteiger charge is -2.10. The first-order valence-corrected chi connectivity index (χ1v) is 8.04. The van der Waals surface area contributed by atoms with Gasteiger partial charge in [-0.2, -0.15) is 8.42 Å². The van der Waals surface area contributed by atoms with E-state index >= 15 is 0 Å². The highest BCUT2D eigenvalue weighted by molar-refractivity contribution is 7.86. The minimum absolute atomic E-state index is 0.0631. The summed E-state index contributed by atoms with van der Waals surface area (Å²) >= 11 is 5.73. The second kappa shape index (κ2) is 6.56. The monoisotopic (exact) mass is 328 g/mol. The Morgan fingerprint density at radius 2 is 1.67 bits per heavy atom. The Morgan fingerprint density at radius 1 is 1.10 bits per heavy atom. The van der Waals surface area contributed by atoms with Gasteiger partial charge in [0.25, 0.3) is 10.1 Å². The molecular weight excluding hydrogens is 315 g/mol. The van der Waals surface area contributed by atoms with E-state index in [4.69, 9.17) is 11.6 Å². The lowest BCUT2D eigenvalue weighted by molar-refractivity contribution is 0.0752. The van der Waals surface area contributed by atoms with E-state index in [9.17, 15) is 12.8 Å². The molecule has 2 rings (SSSR count). The van der Waals surface area contributed by atoms with Gasteiger partial charge in [0.1, 0.15) is 0 Å². The maximum absolute atomic E-state index is 13.8. The largest absolute Gasteiger partial charge is 0.299 e. The van der Waals surface area contributed by atoms with Crippen LogP contribution in [0.4, 0.5) is 4.39 Å². The molecule has 21 heavy (non-hydrogen) atoms. The first-order chi connectivity index (χ1) is 9.87. The van der Waals surface area contributed by atoms with E-state index in [1.807, 2.05) is 6.92 Å². The molecule has 0 N–H and O–H groups in total. The molecule has 1 atom stereocenters. The molecule has 0 radical (unpaired) electrons. The Kier molecular flexibility index (Phi) is 4.98. The Hall–Kier alpha value is -1.43. The number of aryl methyl sites for hydroxylation is 1. The molecule has 3 nitrogen and oxygen atoms in total. The first-order valence-electron chi connectivity index (χ1n) is 6.25. The third-order valence-corrected chi connectivity index (χ3v) is 4.41. The molecule has 2 aromatic rings. The third-order valence-electron chi connectivity index (χ3n) is 2.85. The van der Waals surface area contributed by atoms with Crippen molar-refractivity contribution >= 4 is 21.7 Å². The summed E-state index contributed by atoms with van der Waals surface area (Å²) in [7, 11) is -4.11. The average molecular weight is 329 g/mol. The predicted molar refractivity (Wildman–Crippen MR) is 79.5 cm³/mol. The Balaban J connectivity index is 2.05. The van der Waals surface area contributed by atoms with Crippen LogP contribution in [0.5, 0.6) is 0 Å². The standard InChI is InChI=1S/C15H14ClFO3S/c1-11-2-8-14(9-3-11)21(18,19)20-15(17)10-12-4-6-13(16)7-5-12/h2-9,15H,10H2,1H3. The lowest BCUT2D eigenvalue weighted by Crippen LogP contribution is -2.16. The predicted octanol–water partition coefficient (Wildman–Crippen LogP) is 3.89. The van der Waals surface area contributed by atoms with Gasteiger partial charge in [0, 0.05) is 11.4 Å². The molecule has 1 unspecified atom stereocenters. The van der Waals surface area contributed by atoms with Crippen LogP contribution in [-0.2, 0) is 20.7 Å². The Bertz CT molecular complexity index is 697. The summed E-state index contributed by atoms with van der Waals surface area (Å²) < 4.78 is 42.2. The molecule has 0 saturated carbocycles. The van der Waals surface area contributed by atoms with Crippen molar-refractivity contribution in [3.8, 4) is 0 Å². The number of hydrogen-bond donors (Lipinski definition) is 0. The van der Waals surface area contributed by atoms with Crippen LogP contribution >= 0.6 is 11.6 Å². The van der Waals surface area contributed by atoms with E-state index in [0.29, 0.717) is 10.6 Å². The highest BCUT2D eigenvalue weighted by atomic mass is 35.5. The van der Waals surface area contributed by atoms with Gasteiger partial charge in [0.15, 0.2) is 0 Å². The first kappa shape index (κ1) is 15.9. The van der Waals surface area contributed by atoms with Crippen LogP contribution in [0.25, 0.3) is 0 Å². The molecule has 0 bridgehead atoms. The van der Waals surface area contributed by atoms with Gasteiger partial charge < -0.3 is 0 Å². The highest BCUT2D eigenvalue weighted by Gasteiger charge is 2.21. The van der Waals surface area contributed by atoms with Gasteiger partial charge in [-0.05, 0) is 36.8 Å². The summed E-state index contributed by atoms with van der Waals surface area (Å²) in [6, 6.07) is 12.5. The van der Waals surface area contributed by atoms with Crippen molar-refractivity contribution < 1.29 is 17.0 Å². The molecule has 0 aromatic heterocycles. The van der Waals surface area contributed by atoms with Crippen molar-refractivity contribution in [3.63, 3.8) is 0 Å². The van der Waals surface area contributed by atoms with E-state index in [1.165, 1.54) is 12.1 Å². The molecule has 2 aromatic carbocycles. The van der Waals surface area contributed by atoms with Crippen molar-refractivity contribution in [3.05, 3.63) is 64.7 Å². The fourth-order valence-electron chi connectivity index (χ4n) is 1.74. The number of rotatable bonds is 5. The van der Waals surface area contributed by atoms with Crippen LogP contribution in [0, 0.1) is 6.92 Å². The van der Waals surface area contributed by atoms with Gasteiger partial charge in [-0.25, -0.2) is 8.57 Å². The van der Waals surface area contributed by atoms with Crippen LogP contribution in [0.1, 0.15) is 11.1 Å². The molecule has 112 valence electrons. The summed E-state index contributed by atoms with van der Waals surface area (Å²) in [6.45, 7) is 1.83. The summed E-state index contributed by atoms with van der Waals surface area (Å²) in [5.41, 5.74) is 1.51. The molecule has 0 heterocycles. The van der Waals surface area contributed by atoms with Crippen LogP contribution < -0.4 is 0 Å². The molecule has 0 aliphatic heterocycles. The molecule has 0 saturated heterocycles. The second-order valence-corrected chi connectivity index (χ2v) is 6.61. The summed E-state index contributed by atoms with van der Waals surface area (Å²) in [6.07, 6.45) is -2.11. The van der Waals surface area contributed by atoms with Gasteiger partial charge >= 0.3 is 0 Å². The van der Waals surface area contributed by atoms with E-state index < -0.39 is 16.5 Å². The second-order valence-electron chi connectivity index (χ2n) is 4.60. The van der Waals surface area contributed by atoms with E-state index in [2.05, 4.69) is 4.18 Å². The number of halogens is 2. The molecule has 0 fully saturated rings. The molecule has 0 aliphatic carbocycles. The van der Waals surface area contributed by atoms with Gasteiger partial charge in [-0.15, -0.1) is 0 Å². The highest BCUT2D eigenvalue weighted by Crippen LogP contribution is 2.18. The molecule has 6 heteroatoms. The van der Waals surface area contributed by atoms with Crippen LogP contribution in [0.3, 0.4) is 0 Å². The number of hydrogen-bond acceptors (Lipinski definition) is 3. The topological polar surface area (TPSA) is 43.4 Å². The summed E-state index contributed by atoms with van der Waals surface area (Å²) in [5.74, 6) is 0. The van der Waals surface area contributed by atoms with E-state index in [1.54, 1.807) is 36.4 Å². The molecule has 0 amide bonds. The smallest absolute Gasteiger partial charge is 0.229 e. The van der Waals surface area contributed by atoms with Crippen molar-refractivity contribution in [1.82, 2.24) is 0 Å². The summed E-state index contributed by atoms with van der Waals surface area (Å²) in [5, 5.41) is 0.530. The third kappa shape index (κ3) is 4.52. The van der Waals surface area contributed by atoms with Gasteiger partial charge in [-0.3, -0.25) is 0 Å². The molecule has 0 aliphatic rings. The van der Waals surface area contributed by atoms with Crippen LogP contribution in [0.15, 0.2) is 53.4 Å². The zero-order chi connectivity index (χ0) is 15.5. The quantitative estimate of drug-likeness (QED) is 0.782. The normalized spacial score (nSPS) is 13.1. The van der Waals surface area contributed by atoms with E-state index in [-0.39, 0.29) is 11.3 Å². The van der Waals surface area contributed by atoms with Crippen molar-refractivity contribution in [2.75, 3.05) is 0 Å². The SMILES string of the molecule is Cc1ccc(S(=O)(=O)OC(F)Cc2ccc(Cl)cc2)cc1. The van der Waals surface area contributed by atoms with Crippen LogP contribution in [-0.4, -0.2) is 14.8 Å². The van der Waals surface area contributed by atoms with Crippen molar-refractivity contribution in [1.29, 1.82) is 0 Å². The van der Waals surface area contributed by atoms with Gasteiger partial charge in [0.05, 0.1) is 4.90 Å². The maximum atomic E-state index is 13.8. The van der Waals surface area contributed by atoms with Crippen molar-refractivity contribution in [2.45, 2.75) is 24.6 Å². The number of alkyl halides is 1. The lowest BCUT2D eigenvalue weighted by atomic mass is 10.1.